The average molecular weight is 420 g/mol. The molecular weight excluding hydrogens is 402 g/mol. The topological polar surface area (TPSA) is 96.4 Å². The average Bonchev–Trinajstić information content (AvgIpc) is 2.94. The van der Waals surface area contributed by atoms with Gasteiger partial charge in [-0.05, 0) is 38.5 Å². The van der Waals surface area contributed by atoms with E-state index in [4.69, 9.17) is 0 Å². The molecule has 2 aromatic heterocycles. The van der Waals surface area contributed by atoms with Crippen LogP contribution in [0.5, 0.6) is 5.75 Å². The van der Waals surface area contributed by atoms with Crippen LogP contribution in [-0.4, -0.2) is 28.2 Å². The highest BCUT2D eigenvalue weighted by Crippen LogP contribution is 2.25. The number of aromatic nitrogens is 2. The lowest BCUT2D eigenvalue weighted by atomic mass is 10.1. The molecule has 0 aliphatic carbocycles. The van der Waals surface area contributed by atoms with Gasteiger partial charge in [0.2, 0.25) is 5.91 Å². The minimum atomic E-state index is -2.97. The van der Waals surface area contributed by atoms with Gasteiger partial charge in [0.05, 0.1) is 17.5 Å². The molecule has 7 nitrogen and oxygen atoms in total. The Labute approximate surface area is 168 Å². The van der Waals surface area contributed by atoms with Crippen LogP contribution in [0, 0.1) is 13.8 Å². The summed E-state index contributed by atoms with van der Waals surface area (Å²) < 4.78 is 29.5. The summed E-state index contributed by atoms with van der Waals surface area (Å²) in [6.45, 7) is 2.34. The number of carbonyl (C=O) groups is 1. The minimum Gasteiger partial charge on any atom is -0.434 e. The second kappa shape index (κ2) is 8.48. The van der Waals surface area contributed by atoms with Crippen molar-refractivity contribution in [1.29, 1.82) is 0 Å². The standard InChI is InChI=1S/C19H18F2N4O3S/c1-9-11(3)29-18-16(9)17(27)22-14(23-18)8-15(26)25-24-10(2)12-6-4-5-7-13(12)28-19(20)21/h4-7,19H,8H2,1-3H3,(H,25,26)(H,22,23,27)/b24-10+. The SMILES string of the molecule is C/C(=N\NC(=O)Cc1nc2sc(C)c(C)c2c(=O)[nH]1)c1ccccc1OC(F)F. The predicted molar refractivity (Wildman–Crippen MR) is 107 cm³/mol. The summed E-state index contributed by atoms with van der Waals surface area (Å²) in [4.78, 5) is 33.0. The number of hydrogen-bond acceptors (Lipinski definition) is 6. The summed E-state index contributed by atoms with van der Waals surface area (Å²) in [5.74, 6) is -0.336. The number of benzene rings is 1. The number of thiophene rings is 1. The highest BCUT2D eigenvalue weighted by atomic mass is 32.1. The Morgan fingerprint density at radius 2 is 2.07 bits per heavy atom. The summed E-state index contributed by atoms with van der Waals surface area (Å²) in [7, 11) is 0. The largest absolute Gasteiger partial charge is 0.434 e. The van der Waals surface area contributed by atoms with Gasteiger partial charge >= 0.3 is 6.61 Å². The van der Waals surface area contributed by atoms with Gasteiger partial charge in [-0.3, -0.25) is 9.59 Å². The first kappa shape index (κ1) is 20.6. The molecule has 0 saturated heterocycles. The number of para-hydroxylation sites is 1. The fourth-order valence-electron chi connectivity index (χ4n) is 2.75. The van der Waals surface area contributed by atoms with Gasteiger partial charge in [0.15, 0.2) is 0 Å². The number of alkyl halides is 2. The molecule has 2 N–H and O–H groups in total. The van der Waals surface area contributed by atoms with Gasteiger partial charge in [-0.2, -0.15) is 13.9 Å². The zero-order valence-electron chi connectivity index (χ0n) is 15.9. The molecule has 3 aromatic rings. The zero-order chi connectivity index (χ0) is 21.1. The number of halogens is 2. The van der Waals surface area contributed by atoms with Crippen molar-refractivity contribution in [3.63, 3.8) is 0 Å². The quantitative estimate of drug-likeness (QED) is 0.472. The minimum absolute atomic E-state index is 0.0436. The van der Waals surface area contributed by atoms with E-state index < -0.39 is 12.5 Å². The van der Waals surface area contributed by atoms with Crippen LogP contribution >= 0.6 is 11.3 Å². The predicted octanol–water partition coefficient (Wildman–Crippen LogP) is 3.29. The monoisotopic (exact) mass is 420 g/mol. The van der Waals surface area contributed by atoms with Gasteiger partial charge < -0.3 is 9.72 Å². The number of aromatic amines is 1. The van der Waals surface area contributed by atoms with Crippen molar-refractivity contribution in [3.05, 3.63) is 56.4 Å². The molecule has 0 unspecified atom stereocenters. The maximum absolute atomic E-state index is 12.5. The molecule has 10 heteroatoms. The highest BCUT2D eigenvalue weighted by molar-refractivity contribution is 7.18. The Balaban J connectivity index is 1.75. The Kier molecular flexibility index (Phi) is 6.02. The smallest absolute Gasteiger partial charge is 0.387 e. The second-order valence-electron chi connectivity index (χ2n) is 6.26. The zero-order valence-corrected chi connectivity index (χ0v) is 16.7. The fraction of sp³-hybridized carbons (Fsp3) is 0.263. The van der Waals surface area contributed by atoms with E-state index in [0.717, 1.165) is 10.4 Å². The van der Waals surface area contributed by atoms with E-state index in [2.05, 4.69) is 25.2 Å². The molecule has 0 saturated carbocycles. The van der Waals surface area contributed by atoms with Gasteiger partial charge in [0.25, 0.3) is 5.56 Å². The molecule has 0 spiro atoms. The molecule has 152 valence electrons. The summed E-state index contributed by atoms with van der Waals surface area (Å²) in [5, 5.41) is 4.47. The van der Waals surface area contributed by atoms with E-state index in [1.54, 1.807) is 25.1 Å². The molecule has 0 aliphatic heterocycles. The molecule has 0 aliphatic rings. The maximum Gasteiger partial charge on any atom is 0.387 e. The third kappa shape index (κ3) is 4.65. The molecule has 29 heavy (non-hydrogen) atoms. The number of aryl methyl sites for hydroxylation is 2. The Morgan fingerprint density at radius 3 is 2.79 bits per heavy atom. The van der Waals surface area contributed by atoms with Gasteiger partial charge in [-0.1, -0.05) is 12.1 Å². The van der Waals surface area contributed by atoms with Crippen molar-refractivity contribution in [2.24, 2.45) is 5.10 Å². The molecule has 0 fully saturated rings. The van der Waals surface area contributed by atoms with Crippen molar-refractivity contribution < 1.29 is 18.3 Å². The number of H-pyrrole nitrogens is 1. The molecule has 0 radical (unpaired) electrons. The highest BCUT2D eigenvalue weighted by Gasteiger charge is 2.14. The van der Waals surface area contributed by atoms with Crippen LogP contribution in [-0.2, 0) is 11.2 Å². The van der Waals surface area contributed by atoms with E-state index in [-0.39, 0.29) is 29.3 Å². The summed E-state index contributed by atoms with van der Waals surface area (Å²) in [6.07, 6.45) is -0.187. The number of amides is 1. The van der Waals surface area contributed by atoms with Crippen LogP contribution < -0.4 is 15.7 Å². The molecule has 0 bridgehead atoms. The van der Waals surface area contributed by atoms with Crippen LogP contribution in [0.15, 0.2) is 34.2 Å². The fourth-order valence-corrected chi connectivity index (χ4v) is 3.79. The Bertz CT molecular complexity index is 1150. The van der Waals surface area contributed by atoms with Gasteiger partial charge in [-0.15, -0.1) is 11.3 Å². The number of fused-ring (bicyclic) bond motifs is 1. The summed E-state index contributed by atoms with van der Waals surface area (Å²) in [5.41, 5.74) is 3.53. The van der Waals surface area contributed by atoms with Crippen LogP contribution in [0.4, 0.5) is 8.78 Å². The van der Waals surface area contributed by atoms with E-state index in [0.29, 0.717) is 15.8 Å². The maximum atomic E-state index is 12.5. The van der Waals surface area contributed by atoms with E-state index in [1.807, 2.05) is 13.8 Å². The number of hydrogen-bond donors (Lipinski definition) is 2. The molecule has 0 atom stereocenters. The van der Waals surface area contributed by atoms with E-state index in [9.17, 15) is 18.4 Å². The first-order valence-corrected chi connectivity index (χ1v) is 9.44. The molecular formula is C19H18F2N4O3S. The van der Waals surface area contributed by atoms with Crippen molar-refractivity contribution in [3.8, 4) is 5.75 Å². The lowest BCUT2D eigenvalue weighted by Gasteiger charge is -2.10. The van der Waals surface area contributed by atoms with Gasteiger partial charge in [-0.25, -0.2) is 10.4 Å². The van der Waals surface area contributed by atoms with Crippen LogP contribution in [0.2, 0.25) is 0 Å². The molecule has 1 amide bonds. The second-order valence-corrected chi connectivity index (χ2v) is 7.46. The number of rotatable bonds is 6. The number of carbonyl (C=O) groups excluding carboxylic acids is 1. The first-order chi connectivity index (χ1) is 13.8. The van der Waals surface area contributed by atoms with E-state index >= 15 is 0 Å². The third-order valence-electron chi connectivity index (χ3n) is 4.26. The lowest BCUT2D eigenvalue weighted by molar-refractivity contribution is -0.120. The molecule has 1 aromatic carbocycles. The van der Waals surface area contributed by atoms with Gasteiger partial charge in [0.1, 0.15) is 16.4 Å². The third-order valence-corrected chi connectivity index (χ3v) is 5.36. The van der Waals surface area contributed by atoms with Crippen LogP contribution in [0.1, 0.15) is 28.8 Å². The van der Waals surface area contributed by atoms with Crippen LogP contribution in [0.25, 0.3) is 10.2 Å². The van der Waals surface area contributed by atoms with Crippen molar-refractivity contribution in [1.82, 2.24) is 15.4 Å². The number of hydrazone groups is 1. The number of ether oxygens (including phenoxy) is 1. The van der Waals surface area contributed by atoms with Crippen molar-refractivity contribution in [2.75, 3.05) is 0 Å². The van der Waals surface area contributed by atoms with Gasteiger partial charge in [0, 0.05) is 10.4 Å². The first-order valence-electron chi connectivity index (χ1n) is 8.62. The van der Waals surface area contributed by atoms with Crippen molar-refractivity contribution in [2.45, 2.75) is 33.8 Å². The van der Waals surface area contributed by atoms with Crippen molar-refractivity contribution >= 4 is 33.2 Å². The lowest BCUT2D eigenvalue weighted by Crippen LogP contribution is -2.24. The summed E-state index contributed by atoms with van der Waals surface area (Å²) in [6, 6.07) is 6.14. The molecule has 3 rings (SSSR count). The summed E-state index contributed by atoms with van der Waals surface area (Å²) >= 11 is 1.39. The number of nitrogens with zero attached hydrogens (tertiary/aromatic N) is 2. The van der Waals surface area contributed by atoms with E-state index in [1.165, 1.54) is 17.4 Å². The molecule has 2 heterocycles. The Morgan fingerprint density at radius 1 is 1.34 bits per heavy atom. The number of nitrogens with one attached hydrogen (secondary N) is 2. The normalized spacial score (nSPS) is 11.9. The van der Waals surface area contributed by atoms with Crippen LogP contribution in [0.3, 0.4) is 0 Å². The Hall–Kier alpha value is -3.14.